The number of hydrogen-bond donors (Lipinski definition) is 0. The first-order chi connectivity index (χ1) is 3.67. The molecule has 1 atom stereocenters. The van der Waals surface area contributed by atoms with Crippen LogP contribution in [0, 0.1) is 11.3 Å². The minimum atomic E-state index is -0.394. The van der Waals surface area contributed by atoms with Crippen molar-refractivity contribution in [2.75, 3.05) is 0 Å². The largest absolute Gasteiger partial charge is 0.225 e. The smallest absolute Gasteiger partial charge is 0.210 e. The van der Waals surface area contributed by atoms with Gasteiger partial charge in [-0.25, -0.2) is 9.78 Å². The second kappa shape index (κ2) is 1.44. The van der Waals surface area contributed by atoms with E-state index in [4.69, 9.17) is 5.26 Å². The molecule has 8 heavy (non-hydrogen) atoms. The molecule has 0 aromatic rings. The van der Waals surface area contributed by atoms with E-state index in [1.165, 1.54) is 0 Å². The Balaban J connectivity index is 2.53. The molecule has 1 aliphatic heterocycles. The lowest BCUT2D eigenvalue weighted by atomic mass is 10.0. The molecule has 0 aromatic heterocycles. The van der Waals surface area contributed by atoms with Gasteiger partial charge in [-0.2, -0.15) is 5.26 Å². The molecule has 0 aromatic carbocycles. The van der Waals surface area contributed by atoms with E-state index in [1.807, 2.05) is 19.9 Å². The molecule has 0 N–H and O–H groups in total. The van der Waals surface area contributed by atoms with E-state index >= 15 is 0 Å². The monoisotopic (exact) mass is 113 g/mol. The maximum Gasteiger partial charge on any atom is 0.210 e. The molecule has 0 aliphatic carbocycles. The van der Waals surface area contributed by atoms with Crippen molar-refractivity contribution in [2.24, 2.45) is 0 Å². The normalized spacial score (nSPS) is 32.9. The lowest BCUT2D eigenvalue weighted by Crippen LogP contribution is -2.50. The molecule has 1 rings (SSSR count). The first-order valence-electron chi connectivity index (χ1n) is 2.41. The predicted molar refractivity (Wildman–Crippen MR) is 25.6 cm³/mol. The van der Waals surface area contributed by atoms with Crippen LogP contribution in [0.15, 0.2) is 0 Å². The van der Waals surface area contributed by atoms with Gasteiger partial charge in [0.05, 0.1) is 0 Å². The molecule has 1 heterocycles. The number of rotatable bonds is 0. The van der Waals surface area contributed by atoms with E-state index in [9.17, 15) is 0 Å². The summed E-state index contributed by atoms with van der Waals surface area (Å²) in [5, 5.41) is 8.27. The average molecular weight is 113 g/mol. The highest BCUT2D eigenvalue weighted by atomic mass is 17.3. The molecule has 44 valence electrons. The first-order valence-corrected chi connectivity index (χ1v) is 2.41. The fraction of sp³-hybridized carbons (Fsp3) is 0.800. The fourth-order valence-corrected chi connectivity index (χ4v) is 0.466. The summed E-state index contributed by atoms with van der Waals surface area (Å²) < 4.78 is 0. The lowest BCUT2D eigenvalue weighted by molar-refractivity contribution is -0.485. The molecule has 0 saturated carbocycles. The second-order valence-electron chi connectivity index (χ2n) is 2.29. The van der Waals surface area contributed by atoms with Gasteiger partial charge in [-0.05, 0) is 13.8 Å². The molecular formula is C5H7NO2. The van der Waals surface area contributed by atoms with Gasteiger partial charge in [0.15, 0.2) is 0 Å². The standard InChI is InChI=1S/C5H7NO2/c1-5(2)4(3-6)7-8-5/h4H,1-2H3. The maximum absolute atomic E-state index is 8.27. The number of nitrogens with zero attached hydrogens (tertiary/aromatic N) is 1. The van der Waals surface area contributed by atoms with E-state index in [-0.39, 0.29) is 6.10 Å². The van der Waals surface area contributed by atoms with E-state index in [2.05, 4.69) is 9.78 Å². The summed E-state index contributed by atoms with van der Waals surface area (Å²) >= 11 is 0. The van der Waals surface area contributed by atoms with Gasteiger partial charge in [0.2, 0.25) is 6.10 Å². The van der Waals surface area contributed by atoms with E-state index in [0.29, 0.717) is 0 Å². The third kappa shape index (κ3) is 0.585. The Kier molecular flexibility index (Phi) is 0.999. The van der Waals surface area contributed by atoms with Gasteiger partial charge in [0.1, 0.15) is 11.7 Å². The zero-order chi connectivity index (χ0) is 6.20. The number of hydrogen-bond acceptors (Lipinski definition) is 3. The first kappa shape index (κ1) is 5.54. The van der Waals surface area contributed by atoms with Gasteiger partial charge >= 0.3 is 0 Å². The van der Waals surface area contributed by atoms with E-state index in [0.717, 1.165) is 0 Å². The van der Waals surface area contributed by atoms with Crippen molar-refractivity contribution in [1.29, 1.82) is 5.26 Å². The quantitative estimate of drug-likeness (QED) is 0.432. The molecule has 1 saturated heterocycles. The summed E-state index contributed by atoms with van der Waals surface area (Å²) in [6.45, 7) is 3.62. The van der Waals surface area contributed by atoms with Crippen LogP contribution in [0.25, 0.3) is 0 Å². The van der Waals surface area contributed by atoms with E-state index < -0.39 is 5.60 Å². The van der Waals surface area contributed by atoms with Crippen LogP contribution in [0.1, 0.15) is 13.8 Å². The van der Waals surface area contributed by atoms with Gasteiger partial charge < -0.3 is 0 Å². The van der Waals surface area contributed by atoms with Gasteiger partial charge in [-0.15, -0.1) is 0 Å². The molecule has 1 unspecified atom stereocenters. The molecule has 0 radical (unpaired) electrons. The molecule has 1 fully saturated rings. The predicted octanol–water partition coefficient (Wildman–Crippen LogP) is 0.619. The topological polar surface area (TPSA) is 42.2 Å². The number of nitriles is 1. The minimum absolute atomic E-state index is 0.387. The van der Waals surface area contributed by atoms with Crippen molar-refractivity contribution in [3.63, 3.8) is 0 Å². The Morgan fingerprint density at radius 1 is 1.62 bits per heavy atom. The van der Waals surface area contributed by atoms with Crippen molar-refractivity contribution in [1.82, 2.24) is 0 Å². The highest BCUT2D eigenvalue weighted by Crippen LogP contribution is 2.27. The second-order valence-corrected chi connectivity index (χ2v) is 2.29. The summed E-state index contributed by atoms with van der Waals surface area (Å²) in [7, 11) is 0. The van der Waals surface area contributed by atoms with Crippen molar-refractivity contribution < 1.29 is 9.78 Å². The van der Waals surface area contributed by atoms with Crippen LogP contribution < -0.4 is 0 Å². The van der Waals surface area contributed by atoms with Crippen LogP contribution in [0.4, 0.5) is 0 Å². The minimum Gasteiger partial charge on any atom is -0.225 e. The third-order valence-electron chi connectivity index (χ3n) is 1.11. The summed E-state index contributed by atoms with van der Waals surface area (Å²) in [6, 6.07) is 1.94. The van der Waals surface area contributed by atoms with Crippen molar-refractivity contribution in [3.05, 3.63) is 0 Å². The van der Waals surface area contributed by atoms with Crippen molar-refractivity contribution in [3.8, 4) is 6.07 Å². The highest BCUT2D eigenvalue weighted by molar-refractivity contribution is 4.99. The molecule has 0 bridgehead atoms. The Bertz CT molecular complexity index is 136. The van der Waals surface area contributed by atoms with Gasteiger partial charge in [0, 0.05) is 0 Å². The molecule has 3 heteroatoms. The van der Waals surface area contributed by atoms with Crippen LogP contribution >= 0.6 is 0 Å². The Labute approximate surface area is 47.7 Å². The van der Waals surface area contributed by atoms with Gasteiger partial charge in [-0.3, -0.25) is 0 Å². The molecule has 0 amide bonds. The lowest BCUT2D eigenvalue weighted by Gasteiger charge is -2.36. The van der Waals surface area contributed by atoms with Crippen LogP contribution in [0.5, 0.6) is 0 Å². The van der Waals surface area contributed by atoms with Crippen LogP contribution in [-0.2, 0) is 9.78 Å². The van der Waals surface area contributed by atoms with Crippen LogP contribution in [0.3, 0.4) is 0 Å². The van der Waals surface area contributed by atoms with Gasteiger partial charge in [-0.1, -0.05) is 0 Å². The van der Waals surface area contributed by atoms with E-state index in [1.54, 1.807) is 0 Å². The fourth-order valence-electron chi connectivity index (χ4n) is 0.466. The summed E-state index contributed by atoms with van der Waals surface area (Å²) in [5.74, 6) is 0. The molecule has 1 aliphatic rings. The molecular weight excluding hydrogens is 106 g/mol. The third-order valence-corrected chi connectivity index (χ3v) is 1.11. The Morgan fingerprint density at radius 2 is 2.25 bits per heavy atom. The average Bonchev–Trinajstić information content (AvgIpc) is 1.66. The van der Waals surface area contributed by atoms with Crippen molar-refractivity contribution in [2.45, 2.75) is 25.6 Å². The SMILES string of the molecule is CC1(C)OOC1C#N. The Hall–Kier alpha value is -0.590. The summed E-state index contributed by atoms with van der Waals surface area (Å²) in [6.07, 6.45) is -0.387. The van der Waals surface area contributed by atoms with Crippen molar-refractivity contribution >= 4 is 0 Å². The Morgan fingerprint density at radius 3 is 2.25 bits per heavy atom. The van der Waals surface area contributed by atoms with Gasteiger partial charge in [0.25, 0.3) is 0 Å². The van der Waals surface area contributed by atoms with Crippen LogP contribution in [0.2, 0.25) is 0 Å². The maximum atomic E-state index is 8.27. The molecule has 3 nitrogen and oxygen atoms in total. The highest BCUT2D eigenvalue weighted by Gasteiger charge is 2.43. The summed E-state index contributed by atoms with van der Waals surface area (Å²) in [5.41, 5.74) is -0.394. The molecule has 0 spiro atoms. The van der Waals surface area contributed by atoms with Crippen LogP contribution in [-0.4, -0.2) is 11.7 Å². The summed E-state index contributed by atoms with van der Waals surface area (Å²) in [4.78, 5) is 9.03. The zero-order valence-electron chi connectivity index (χ0n) is 4.84. The zero-order valence-corrected chi connectivity index (χ0v) is 4.84.